The average Bonchev–Trinajstić information content (AvgIpc) is 3.70. The molecule has 2 fully saturated rings. The molecule has 1 saturated carbocycles. The molecule has 2 aromatic rings. The number of furan rings is 1. The summed E-state index contributed by atoms with van der Waals surface area (Å²) >= 11 is 0. The lowest BCUT2D eigenvalue weighted by Crippen LogP contribution is -2.45. The number of amides is 2. The minimum absolute atomic E-state index is 0.00161. The van der Waals surface area contributed by atoms with Crippen molar-refractivity contribution in [1.82, 2.24) is 9.80 Å². The van der Waals surface area contributed by atoms with Crippen LogP contribution in [0.2, 0.25) is 0 Å². The van der Waals surface area contributed by atoms with Gasteiger partial charge in [-0.1, -0.05) is 31.7 Å². The van der Waals surface area contributed by atoms with Crippen LogP contribution in [0.25, 0.3) is 0 Å². The molecule has 5 rings (SSSR count). The molecule has 1 atom stereocenters. The number of benzene rings is 1. The molecule has 8 nitrogen and oxygen atoms in total. The predicted molar refractivity (Wildman–Crippen MR) is 137 cm³/mol. The molecule has 0 radical (unpaired) electrons. The van der Waals surface area contributed by atoms with E-state index >= 15 is 0 Å². The largest absolute Gasteiger partial charge is 0.464 e. The van der Waals surface area contributed by atoms with Crippen LogP contribution in [-0.2, 0) is 27.4 Å². The van der Waals surface area contributed by atoms with Gasteiger partial charge in [-0.3, -0.25) is 9.59 Å². The third-order valence-electron chi connectivity index (χ3n) is 7.67. The van der Waals surface area contributed by atoms with Gasteiger partial charge in [0.1, 0.15) is 11.5 Å². The van der Waals surface area contributed by atoms with Gasteiger partial charge < -0.3 is 28.4 Å². The number of carbonyl (C=O) groups excluding carboxylic acids is 2. The summed E-state index contributed by atoms with van der Waals surface area (Å²) in [5.74, 6) is 3.47. The van der Waals surface area contributed by atoms with Gasteiger partial charge in [0.2, 0.25) is 18.6 Å². The van der Waals surface area contributed by atoms with Gasteiger partial charge in [0.25, 0.3) is 0 Å². The molecule has 0 N–H and O–H groups in total. The van der Waals surface area contributed by atoms with Gasteiger partial charge in [-0.2, -0.15) is 0 Å². The highest BCUT2D eigenvalue weighted by molar-refractivity contribution is 5.85. The summed E-state index contributed by atoms with van der Waals surface area (Å²) in [6, 6.07) is 9.51. The van der Waals surface area contributed by atoms with Crippen LogP contribution in [0.1, 0.15) is 68.5 Å². The molecule has 37 heavy (non-hydrogen) atoms. The number of rotatable bonds is 11. The van der Waals surface area contributed by atoms with Crippen molar-refractivity contribution in [3.8, 4) is 11.5 Å². The Morgan fingerprint density at radius 3 is 2.51 bits per heavy atom. The fraction of sp³-hybridized carbons (Fsp3) is 0.586. The lowest BCUT2D eigenvalue weighted by molar-refractivity contribution is -0.142. The molecular formula is C29H38N2O6. The minimum atomic E-state index is -0.112. The zero-order chi connectivity index (χ0) is 25.6. The van der Waals surface area contributed by atoms with Crippen LogP contribution in [-0.4, -0.2) is 54.2 Å². The van der Waals surface area contributed by atoms with E-state index in [1.807, 2.05) is 37.3 Å². The summed E-state index contributed by atoms with van der Waals surface area (Å²) < 4.78 is 22.6. The topological polar surface area (TPSA) is 81.5 Å². The van der Waals surface area contributed by atoms with E-state index in [0.717, 1.165) is 37.2 Å². The summed E-state index contributed by atoms with van der Waals surface area (Å²) in [5.41, 5.74) is 0.930. The van der Waals surface area contributed by atoms with E-state index in [-0.39, 0.29) is 31.3 Å². The maximum Gasteiger partial charge on any atom is 0.242 e. The number of hydrogen-bond acceptors (Lipinski definition) is 6. The summed E-state index contributed by atoms with van der Waals surface area (Å²) in [6.07, 6.45) is 8.26. The molecule has 3 aliphatic rings. The standard InChI is InChI=1S/C29H38N2O6/c1-21-8-11-25(37-21)18-30(16-23-9-12-26-27(15-23)36-20-35-26)29(33)19-31(17-24-7-4-14-34-24)28(32)13-10-22-5-2-3-6-22/h8-9,11-12,15,22,24H,2-7,10,13-14,16-20H2,1H3. The van der Waals surface area contributed by atoms with E-state index in [2.05, 4.69) is 0 Å². The number of carbonyl (C=O) groups is 2. The fourth-order valence-corrected chi connectivity index (χ4v) is 5.59. The molecule has 3 heterocycles. The van der Waals surface area contributed by atoms with E-state index in [0.29, 0.717) is 49.2 Å². The van der Waals surface area contributed by atoms with Crippen molar-refractivity contribution in [3.05, 3.63) is 47.4 Å². The normalized spacial score (nSPS) is 18.9. The Kier molecular flexibility index (Phi) is 8.34. The first-order valence-corrected chi connectivity index (χ1v) is 13.6. The number of aryl methyl sites for hydroxylation is 1. The van der Waals surface area contributed by atoms with Crippen LogP contribution >= 0.6 is 0 Å². The van der Waals surface area contributed by atoms with Gasteiger partial charge in [-0.05, 0) is 61.9 Å². The van der Waals surface area contributed by atoms with Crippen molar-refractivity contribution >= 4 is 11.8 Å². The predicted octanol–water partition coefficient (Wildman–Crippen LogP) is 4.82. The fourth-order valence-electron chi connectivity index (χ4n) is 5.59. The quantitative estimate of drug-likeness (QED) is 0.431. The summed E-state index contributed by atoms with van der Waals surface area (Å²) in [7, 11) is 0. The highest BCUT2D eigenvalue weighted by Gasteiger charge is 2.28. The molecule has 1 saturated heterocycles. The summed E-state index contributed by atoms with van der Waals surface area (Å²) in [5, 5.41) is 0. The zero-order valence-electron chi connectivity index (χ0n) is 21.8. The monoisotopic (exact) mass is 510 g/mol. The van der Waals surface area contributed by atoms with Crippen molar-refractivity contribution in [1.29, 1.82) is 0 Å². The molecule has 1 aromatic heterocycles. The average molecular weight is 511 g/mol. The minimum Gasteiger partial charge on any atom is -0.464 e. The van der Waals surface area contributed by atoms with Crippen LogP contribution in [0.4, 0.5) is 0 Å². The molecule has 1 unspecified atom stereocenters. The molecule has 200 valence electrons. The molecular weight excluding hydrogens is 472 g/mol. The molecule has 8 heteroatoms. The molecule has 0 spiro atoms. The van der Waals surface area contributed by atoms with E-state index < -0.39 is 0 Å². The zero-order valence-corrected chi connectivity index (χ0v) is 21.8. The van der Waals surface area contributed by atoms with Gasteiger partial charge in [0.05, 0.1) is 19.2 Å². The highest BCUT2D eigenvalue weighted by Crippen LogP contribution is 2.33. The molecule has 1 aromatic carbocycles. The van der Waals surface area contributed by atoms with E-state index in [1.54, 1.807) is 9.80 Å². The Morgan fingerprint density at radius 2 is 1.76 bits per heavy atom. The Balaban J connectivity index is 1.29. The molecule has 2 amide bonds. The smallest absolute Gasteiger partial charge is 0.242 e. The highest BCUT2D eigenvalue weighted by atomic mass is 16.7. The number of ether oxygens (including phenoxy) is 3. The van der Waals surface area contributed by atoms with Crippen molar-refractivity contribution < 1.29 is 28.2 Å². The van der Waals surface area contributed by atoms with Gasteiger partial charge in [-0.15, -0.1) is 0 Å². The van der Waals surface area contributed by atoms with Crippen LogP contribution < -0.4 is 9.47 Å². The van der Waals surface area contributed by atoms with Crippen molar-refractivity contribution in [2.45, 2.75) is 77.5 Å². The Hall–Kier alpha value is -3.00. The molecule has 0 bridgehead atoms. The summed E-state index contributed by atoms with van der Waals surface area (Å²) in [6.45, 7) is 4.01. The van der Waals surface area contributed by atoms with Crippen molar-refractivity contribution in [2.75, 3.05) is 26.5 Å². The maximum absolute atomic E-state index is 13.7. The van der Waals surface area contributed by atoms with Crippen LogP contribution in [0.5, 0.6) is 11.5 Å². The maximum atomic E-state index is 13.7. The van der Waals surface area contributed by atoms with Gasteiger partial charge in [0, 0.05) is 26.1 Å². The number of fused-ring (bicyclic) bond motifs is 1. The number of hydrogen-bond donors (Lipinski definition) is 0. The Labute approximate surface area is 218 Å². The van der Waals surface area contributed by atoms with Gasteiger partial charge in [-0.25, -0.2) is 0 Å². The van der Waals surface area contributed by atoms with Crippen LogP contribution in [0.3, 0.4) is 0 Å². The van der Waals surface area contributed by atoms with Crippen LogP contribution in [0, 0.1) is 12.8 Å². The molecule has 2 aliphatic heterocycles. The van der Waals surface area contributed by atoms with E-state index in [1.165, 1.54) is 25.7 Å². The van der Waals surface area contributed by atoms with E-state index in [4.69, 9.17) is 18.6 Å². The first-order valence-electron chi connectivity index (χ1n) is 13.6. The second-order valence-corrected chi connectivity index (χ2v) is 10.5. The summed E-state index contributed by atoms with van der Waals surface area (Å²) in [4.78, 5) is 30.6. The second kappa shape index (κ2) is 12.0. The first kappa shape index (κ1) is 25.6. The number of nitrogens with zero attached hydrogens (tertiary/aromatic N) is 2. The lowest BCUT2D eigenvalue weighted by atomic mass is 10.0. The SMILES string of the molecule is Cc1ccc(CN(Cc2ccc3c(c2)OCO3)C(=O)CN(CC2CCCO2)C(=O)CCC2CCCC2)o1. The van der Waals surface area contributed by atoms with Crippen molar-refractivity contribution in [3.63, 3.8) is 0 Å². The Morgan fingerprint density at radius 1 is 0.919 bits per heavy atom. The van der Waals surface area contributed by atoms with Gasteiger partial charge >= 0.3 is 0 Å². The van der Waals surface area contributed by atoms with E-state index in [9.17, 15) is 9.59 Å². The third kappa shape index (κ3) is 6.86. The second-order valence-electron chi connectivity index (χ2n) is 10.5. The molecule has 1 aliphatic carbocycles. The van der Waals surface area contributed by atoms with Crippen LogP contribution in [0.15, 0.2) is 34.7 Å². The van der Waals surface area contributed by atoms with Crippen molar-refractivity contribution in [2.24, 2.45) is 5.92 Å². The lowest BCUT2D eigenvalue weighted by Gasteiger charge is -2.29. The third-order valence-corrected chi connectivity index (χ3v) is 7.67. The van der Waals surface area contributed by atoms with Gasteiger partial charge in [0.15, 0.2) is 11.5 Å². The Bertz CT molecular complexity index is 1070. The first-order chi connectivity index (χ1) is 18.0.